The van der Waals surface area contributed by atoms with Gasteiger partial charge >= 0.3 is 20.4 Å². The van der Waals surface area contributed by atoms with Crippen LogP contribution in [0.25, 0.3) is 44.4 Å². The van der Waals surface area contributed by atoms with Crippen LogP contribution in [0, 0.1) is 17.9 Å². The zero-order valence-electron chi connectivity index (χ0n) is 27.0. The molecular formula is C40H35FN4OPd. The summed E-state index contributed by atoms with van der Waals surface area (Å²) in [4.78, 5) is 4.48. The van der Waals surface area contributed by atoms with E-state index in [4.69, 9.17) is 9.84 Å². The number of ether oxygens (including phenoxy) is 1. The standard InChI is InChI=1S/C40H35FN4O.Pd/c1-6-34-39(26-13-9-8-10-14-26)35(7-2)45(43-34)29-21-27(40(3,4)5)22-31(24-29)46-30-17-18-33-32-15-11-12-16-36(32)44(37(33)25-30)38-23-28(41)19-20-42-38;/h8-23H,6-7H2,1-5H3;/q-2;+2. The Bertz CT molecular complexity index is 2210. The van der Waals surface area contributed by atoms with Gasteiger partial charge in [-0.05, 0) is 47.0 Å². The number of benzene rings is 4. The number of halogens is 1. The average molecular weight is 713 g/mol. The second kappa shape index (κ2) is 12.9. The minimum atomic E-state index is -0.351. The van der Waals surface area contributed by atoms with E-state index in [1.165, 1.54) is 23.9 Å². The van der Waals surface area contributed by atoms with Crippen molar-refractivity contribution in [2.45, 2.75) is 52.9 Å². The van der Waals surface area contributed by atoms with Gasteiger partial charge < -0.3 is 9.30 Å². The molecule has 0 saturated carbocycles. The summed E-state index contributed by atoms with van der Waals surface area (Å²) >= 11 is 0. The zero-order chi connectivity index (χ0) is 32.0. The van der Waals surface area contributed by atoms with Crippen molar-refractivity contribution < 1.29 is 29.6 Å². The topological polar surface area (TPSA) is 44.9 Å². The molecule has 0 fully saturated rings. The zero-order valence-corrected chi connectivity index (χ0v) is 28.6. The summed E-state index contributed by atoms with van der Waals surface area (Å²) in [6, 6.07) is 36.4. The normalized spacial score (nSPS) is 11.6. The second-order valence-electron chi connectivity index (χ2n) is 12.5. The van der Waals surface area contributed by atoms with Crippen molar-refractivity contribution >= 4 is 21.8 Å². The predicted octanol–water partition coefficient (Wildman–Crippen LogP) is 9.98. The van der Waals surface area contributed by atoms with E-state index in [0.29, 0.717) is 17.3 Å². The first-order valence-corrected chi connectivity index (χ1v) is 15.7. The van der Waals surface area contributed by atoms with Gasteiger partial charge in [0, 0.05) is 40.5 Å². The van der Waals surface area contributed by atoms with Gasteiger partial charge in [0.05, 0.1) is 5.69 Å². The number of hydrogen-bond donors (Lipinski definition) is 0. The molecular weight excluding hydrogens is 678 g/mol. The Balaban J connectivity index is 0.00000386. The Hall–Kier alpha value is -4.57. The fourth-order valence-electron chi connectivity index (χ4n) is 6.15. The molecule has 0 unspecified atom stereocenters. The summed E-state index contributed by atoms with van der Waals surface area (Å²) in [5.74, 6) is 1.23. The maximum atomic E-state index is 14.3. The summed E-state index contributed by atoms with van der Waals surface area (Å²) in [7, 11) is 0. The fourth-order valence-corrected chi connectivity index (χ4v) is 6.15. The molecule has 7 heteroatoms. The van der Waals surface area contributed by atoms with Crippen LogP contribution in [0.3, 0.4) is 0 Å². The van der Waals surface area contributed by atoms with Gasteiger partial charge in [-0.25, -0.2) is 9.37 Å². The van der Waals surface area contributed by atoms with Crippen molar-refractivity contribution in [3.8, 4) is 34.1 Å². The van der Waals surface area contributed by atoms with Crippen LogP contribution < -0.4 is 4.74 Å². The Labute approximate surface area is 288 Å². The molecule has 238 valence electrons. The fraction of sp³-hybridized carbons (Fsp3) is 0.200. The quantitative estimate of drug-likeness (QED) is 0.122. The molecule has 47 heavy (non-hydrogen) atoms. The summed E-state index contributed by atoms with van der Waals surface area (Å²) in [5, 5.41) is 7.12. The molecule has 0 spiro atoms. The van der Waals surface area contributed by atoms with E-state index >= 15 is 0 Å². The van der Waals surface area contributed by atoms with Crippen molar-refractivity contribution in [1.82, 2.24) is 19.3 Å². The smallest absolute Gasteiger partial charge is 0.509 e. The predicted molar refractivity (Wildman–Crippen MR) is 183 cm³/mol. The van der Waals surface area contributed by atoms with Crippen LogP contribution in [0.5, 0.6) is 11.5 Å². The SMILES string of the molecule is CCc1nn(-c2[c-]c(Oc3[c-]c4c(cc3)c3ccccc3n4-c3cc(F)ccn3)cc(C(C)(C)C)c2)c(CC)c1-c1ccccc1.[Pd+2]. The molecule has 0 atom stereocenters. The average Bonchev–Trinajstić information content (AvgIpc) is 3.60. The Kier molecular flexibility index (Phi) is 8.89. The van der Waals surface area contributed by atoms with E-state index in [2.05, 4.69) is 88.1 Å². The molecule has 0 saturated heterocycles. The van der Waals surface area contributed by atoms with Crippen LogP contribution in [-0.4, -0.2) is 19.3 Å². The number of aryl methyl sites for hydroxylation is 1. The minimum absolute atomic E-state index is 0. The first kappa shape index (κ1) is 32.4. The van der Waals surface area contributed by atoms with Crippen molar-refractivity contribution in [3.63, 3.8) is 0 Å². The van der Waals surface area contributed by atoms with Gasteiger partial charge in [-0.1, -0.05) is 88.7 Å². The molecule has 0 amide bonds. The van der Waals surface area contributed by atoms with Crippen LogP contribution in [0.1, 0.15) is 51.6 Å². The number of rotatable bonds is 7. The first-order chi connectivity index (χ1) is 22.2. The van der Waals surface area contributed by atoms with Crippen molar-refractivity contribution in [1.29, 1.82) is 0 Å². The Morgan fingerprint density at radius 3 is 2.30 bits per heavy atom. The van der Waals surface area contributed by atoms with Crippen LogP contribution >= 0.6 is 0 Å². The molecule has 5 nitrogen and oxygen atoms in total. The largest absolute Gasteiger partial charge is 2.00 e. The number of fused-ring (bicyclic) bond motifs is 3. The summed E-state index contributed by atoms with van der Waals surface area (Å²) in [6.45, 7) is 10.9. The molecule has 7 aromatic rings. The van der Waals surface area contributed by atoms with Crippen LogP contribution in [0.4, 0.5) is 4.39 Å². The third kappa shape index (κ3) is 6.02. The number of aromatic nitrogens is 4. The summed E-state index contributed by atoms with van der Waals surface area (Å²) in [5.41, 5.74) is 7.98. The molecule has 3 heterocycles. The molecule has 0 aliphatic heterocycles. The Morgan fingerprint density at radius 2 is 1.57 bits per heavy atom. The van der Waals surface area contributed by atoms with Gasteiger partial charge in [0.15, 0.2) is 0 Å². The minimum Gasteiger partial charge on any atom is -0.509 e. The monoisotopic (exact) mass is 712 g/mol. The maximum Gasteiger partial charge on any atom is 2.00 e. The Morgan fingerprint density at radius 1 is 0.809 bits per heavy atom. The van der Waals surface area contributed by atoms with E-state index in [1.54, 1.807) is 0 Å². The second-order valence-corrected chi connectivity index (χ2v) is 12.5. The van der Waals surface area contributed by atoms with E-state index < -0.39 is 0 Å². The van der Waals surface area contributed by atoms with Crippen LogP contribution in [-0.2, 0) is 38.7 Å². The van der Waals surface area contributed by atoms with Crippen molar-refractivity contribution in [3.05, 3.63) is 132 Å². The molecule has 4 aromatic carbocycles. The molecule has 0 radical (unpaired) electrons. The number of hydrogen-bond acceptors (Lipinski definition) is 3. The molecule has 0 aliphatic rings. The molecule has 0 aliphatic carbocycles. The summed E-state index contributed by atoms with van der Waals surface area (Å²) < 4.78 is 24.9. The number of pyridine rings is 1. The third-order valence-electron chi connectivity index (χ3n) is 8.42. The van der Waals surface area contributed by atoms with Gasteiger partial charge in [-0.3, -0.25) is 4.68 Å². The number of para-hydroxylation sites is 1. The molecule has 0 bridgehead atoms. The summed E-state index contributed by atoms with van der Waals surface area (Å²) in [6.07, 6.45) is 3.10. The molecule has 3 aromatic heterocycles. The van der Waals surface area contributed by atoms with Gasteiger partial charge in [0.25, 0.3) is 0 Å². The molecule has 0 N–H and O–H groups in total. The van der Waals surface area contributed by atoms with E-state index in [0.717, 1.165) is 62.8 Å². The van der Waals surface area contributed by atoms with Gasteiger partial charge in [0.2, 0.25) is 0 Å². The van der Waals surface area contributed by atoms with Gasteiger partial charge in [-0.2, -0.15) is 11.2 Å². The van der Waals surface area contributed by atoms with E-state index in [9.17, 15) is 4.39 Å². The third-order valence-corrected chi connectivity index (χ3v) is 8.42. The van der Waals surface area contributed by atoms with Crippen molar-refractivity contribution in [2.75, 3.05) is 0 Å². The van der Waals surface area contributed by atoms with Crippen molar-refractivity contribution in [2.24, 2.45) is 0 Å². The number of nitrogens with zero attached hydrogens (tertiary/aromatic N) is 4. The first-order valence-electron chi connectivity index (χ1n) is 15.7. The van der Waals surface area contributed by atoms with Crippen LogP contribution in [0.15, 0.2) is 97.2 Å². The van der Waals surface area contributed by atoms with Crippen LogP contribution in [0.2, 0.25) is 0 Å². The maximum absolute atomic E-state index is 14.3. The van der Waals surface area contributed by atoms with Gasteiger partial charge in [-0.15, -0.1) is 41.3 Å². The molecule has 7 rings (SSSR count). The van der Waals surface area contributed by atoms with Gasteiger partial charge in [0.1, 0.15) is 11.6 Å². The van der Waals surface area contributed by atoms with E-state index in [-0.39, 0.29) is 31.7 Å². The van der Waals surface area contributed by atoms with E-state index in [1.807, 2.05) is 51.7 Å².